The molecule has 3 aromatic heterocycles. The highest BCUT2D eigenvalue weighted by atomic mass is 35.5. The number of rotatable bonds is 6. The van der Waals surface area contributed by atoms with Crippen molar-refractivity contribution >= 4 is 17.6 Å². The first kappa shape index (κ1) is 18.1. The number of hydrogen-bond acceptors (Lipinski definition) is 4. The smallest absolute Gasteiger partial charge is 0.216 e. The molecule has 0 aromatic carbocycles. The summed E-state index contributed by atoms with van der Waals surface area (Å²) >= 11 is 6.04. The number of aromatic amines is 1. The minimum absolute atomic E-state index is 0.562. The lowest BCUT2D eigenvalue weighted by Gasteiger charge is -2.22. The fourth-order valence-corrected chi connectivity index (χ4v) is 2.91. The Kier molecular flexibility index (Phi) is 5.62. The molecule has 2 N–H and O–H groups in total. The van der Waals surface area contributed by atoms with Gasteiger partial charge in [0.15, 0.2) is 11.7 Å². The number of aromatic nitrogens is 4. The molecular formula is C17H22ClN7O. The molecule has 26 heavy (non-hydrogen) atoms. The Labute approximate surface area is 156 Å². The highest BCUT2D eigenvalue weighted by Gasteiger charge is 2.11. The fourth-order valence-electron chi connectivity index (χ4n) is 2.64. The van der Waals surface area contributed by atoms with Gasteiger partial charge in [-0.1, -0.05) is 11.6 Å². The number of hydrogen-bond donors (Lipinski definition) is 2. The van der Waals surface area contributed by atoms with Crippen LogP contribution in [0.1, 0.15) is 11.5 Å². The van der Waals surface area contributed by atoms with Gasteiger partial charge in [-0.2, -0.15) is 5.10 Å². The normalized spacial score (nSPS) is 11.8. The molecule has 3 aromatic rings. The maximum atomic E-state index is 6.04. The lowest BCUT2D eigenvalue weighted by molar-refractivity contribution is 0.462. The molecule has 0 atom stereocenters. The zero-order valence-corrected chi connectivity index (χ0v) is 15.8. The van der Waals surface area contributed by atoms with Gasteiger partial charge in [0, 0.05) is 46.0 Å². The number of guanidine groups is 1. The largest absolute Gasteiger partial charge is 0.461 e. The van der Waals surface area contributed by atoms with Crippen molar-refractivity contribution in [3.8, 4) is 11.6 Å². The number of aliphatic imine (C=N–C) groups is 1. The van der Waals surface area contributed by atoms with E-state index in [0.29, 0.717) is 31.1 Å². The van der Waals surface area contributed by atoms with E-state index >= 15 is 0 Å². The third-order valence-corrected chi connectivity index (χ3v) is 4.17. The number of nitrogens with one attached hydrogen (secondary N) is 2. The van der Waals surface area contributed by atoms with E-state index in [0.717, 1.165) is 22.5 Å². The minimum Gasteiger partial charge on any atom is -0.461 e. The molecule has 0 aliphatic rings. The predicted octanol–water partition coefficient (Wildman–Crippen LogP) is 2.31. The summed E-state index contributed by atoms with van der Waals surface area (Å²) < 4.78 is 7.31. The highest BCUT2D eigenvalue weighted by Crippen LogP contribution is 2.15. The lowest BCUT2D eigenvalue weighted by atomic mass is 10.4. The van der Waals surface area contributed by atoms with Crippen molar-refractivity contribution < 1.29 is 4.42 Å². The van der Waals surface area contributed by atoms with E-state index in [1.54, 1.807) is 13.3 Å². The van der Waals surface area contributed by atoms with Crippen molar-refractivity contribution in [2.24, 2.45) is 12.0 Å². The van der Waals surface area contributed by atoms with Crippen LogP contribution in [0.15, 0.2) is 40.1 Å². The predicted molar refractivity (Wildman–Crippen MR) is 101 cm³/mol. The second kappa shape index (κ2) is 8.09. The number of halogens is 1. The van der Waals surface area contributed by atoms with Crippen LogP contribution in [0.5, 0.6) is 0 Å². The average Bonchev–Trinajstić information content (AvgIpc) is 3.33. The monoisotopic (exact) mass is 375 g/mol. The Hall–Kier alpha value is -2.74. The van der Waals surface area contributed by atoms with E-state index in [1.165, 1.54) is 0 Å². The van der Waals surface area contributed by atoms with Crippen molar-refractivity contribution in [3.63, 3.8) is 0 Å². The molecule has 0 spiro atoms. The van der Waals surface area contributed by atoms with E-state index < -0.39 is 0 Å². The summed E-state index contributed by atoms with van der Waals surface area (Å²) in [5.41, 5.74) is 1.11. The Bertz CT molecular complexity index is 866. The van der Waals surface area contributed by atoms with Gasteiger partial charge < -0.3 is 19.2 Å². The van der Waals surface area contributed by atoms with Crippen molar-refractivity contribution in [2.75, 3.05) is 20.6 Å². The van der Waals surface area contributed by atoms with Crippen LogP contribution >= 0.6 is 11.6 Å². The molecule has 8 nitrogen and oxygen atoms in total. The number of furan rings is 1. The molecule has 0 radical (unpaired) electrons. The molecule has 0 fully saturated rings. The van der Waals surface area contributed by atoms with E-state index in [4.69, 9.17) is 16.0 Å². The first-order valence-corrected chi connectivity index (χ1v) is 8.62. The second-order valence-electron chi connectivity index (χ2n) is 5.92. The van der Waals surface area contributed by atoms with Gasteiger partial charge in [-0.3, -0.25) is 10.1 Å². The van der Waals surface area contributed by atoms with Crippen LogP contribution in [-0.4, -0.2) is 51.2 Å². The van der Waals surface area contributed by atoms with Gasteiger partial charge in [0.1, 0.15) is 5.82 Å². The van der Waals surface area contributed by atoms with E-state index in [1.807, 2.05) is 48.0 Å². The SMILES string of the molecule is CN=C(NCCc1nc(-c2ccco2)n[nH]1)N(C)Cc1cc(Cl)cn1C. The van der Waals surface area contributed by atoms with E-state index in [2.05, 4.69) is 25.5 Å². The zero-order valence-electron chi connectivity index (χ0n) is 15.0. The molecule has 0 bridgehead atoms. The van der Waals surface area contributed by atoms with Gasteiger partial charge in [-0.15, -0.1) is 0 Å². The third kappa shape index (κ3) is 4.26. The molecule has 0 saturated carbocycles. The van der Waals surface area contributed by atoms with Crippen LogP contribution in [0.3, 0.4) is 0 Å². The minimum atomic E-state index is 0.562. The first-order chi connectivity index (χ1) is 12.6. The Balaban J connectivity index is 1.52. The van der Waals surface area contributed by atoms with Crippen molar-refractivity contribution in [1.29, 1.82) is 0 Å². The van der Waals surface area contributed by atoms with Crippen LogP contribution in [0.25, 0.3) is 11.6 Å². The molecule has 0 amide bonds. The Morgan fingerprint density at radius 2 is 2.35 bits per heavy atom. The van der Waals surface area contributed by atoms with Gasteiger partial charge in [-0.05, 0) is 18.2 Å². The molecule has 0 aliphatic heterocycles. The van der Waals surface area contributed by atoms with Gasteiger partial charge in [-0.25, -0.2) is 4.98 Å². The number of aryl methyl sites for hydroxylation is 1. The number of H-pyrrole nitrogens is 1. The highest BCUT2D eigenvalue weighted by molar-refractivity contribution is 6.30. The molecule has 9 heteroatoms. The maximum Gasteiger partial charge on any atom is 0.216 e. The lowest BCUT2D eigenvalue weighted by Crippen LogP contribution is -2.39. The molecule has 3 rings (SSSR count). The van der Waals surface area contributed by atoms with Crippen LogP contribution in [0.2, 0.25) is 5.02 Å². The summed E-state index contributed by atoms with van der Waals surface area (Å²) in [5, 5.41) is 11.2. The second-order valence-corrected chi connectivity index (χ2v) is 6.36. The molecule has 138 valence electrons. The summed E-state index contributed by atoms with van der Waals surface area (Å²) in [7, 11) is 5.73. The summed E-state index contributed by atoms with van der Waals surface area (Å²) in [5.74, 6) is 2.80. The van der Waals surface area contributed by atoms with Crippen LogP contribution in [0.4, 0.5) is 0 Å². The third-order valence-electron chi connectivity index (χ3n) is 3.97. The fraction of sp³-hybridized carbons (Fsp3) is 0.353. The van der Waals surface area contributed by atoms with Gasteiger partial charge in [0.25, 0.3) is 0 Å². The summed E-state index contributed by atoms with van der Waals surface area (Å²) in [6, 6.07) is 5.60. The summed E-state index contributed by atoms with van der Waals surface area (Å²) in [4.78, 5) is 10.8. The maximum absolute atomic E-state index is 6.04. The van der Waals surface area contributed by atoms with Crippen molar-refractivity contribution in [3.05, 3.63) is 47.2 Å². The van der Waals surface area contributed by atoms with Gasteiger partial charge >= 0.3 is 0 Å². The van der Waals surface area contributed by atoms with Gasteiger partial charge in [0.05, 0.1) is 17.8 Å². The molecule has 3 heterocycles. The Morgan fingerprint density at radius 1 is 1.50 bits per heavy atom. The quantitative estimate of drug-likeness (QED) is 0.510. The summed E-state index contributed by atoms with van der Waals surface area (Å²) in [6.07, 6.45) is 4.19. The first-order valence-electron chi connectivity index (χ1n) is 8.24. The molecule has 0 unspecified atom stereocenters. The molecule has 0 saturated heterocycles. The van der Waals surface area contributed by atoms with Crippen molar-refractivity contribution in [1.82, 2.24) is 30.0 Å². The molecular weight excluding hydrogens is 354 g/mol. The van der Waals surface area contributed by atoms with E-state index in [-0.39, 0.29) is 0 Å². The van der Waals surface area contributed by atoms with Crippen LogP contribution < -0.4 is 5.32 Å². The van der Waals surface area contributed by atoms with Crippen LogP contribution in [0, 0.1) is 0 Å². The van der Waals surface area contributed by atoms with Crippen molar-refractivity contribution in [2.45, 2.75) is 13.0 Å². The number of nitrogens with zero attached hydrogens (tertiary/aromatic N) is 5. The summed E-state index contributed by atoms with van der Waals surface area (Å²) in [6.45, 7) is 1.38. The molecule has 0 aliphatic carbocycles. The standard InChI is InChI=1S/C17H22ClN7O/c1-19-17(25(3)11-13-9-12(18)10-24(13)2)20-7-6-15-21-16(23-22-15)14-5-4-8-26-14/h4-5,8-10H,6-7,11H2,1-3H3,(H,19,20)(H,21,22,23). The topological polar surface area (TPSA) is 87.3 Å². The van der Waals surface area contributed by atoms with Crippen LogP contribution in [-0.2, 0) is 20.0 Å². The van der Waals surface area contributed by atoms with Gasteiger partial charge in [0.2, 0.25) is 5.82 Å². The average molecular weight is 376 g/mol. The van der Waals surface area contributed by atoms with E-state index in [9.17, 15) is 0 Å². The Morgan fingerprint density at radius 3 is 3.00 bits per heavy atom. The zero-order chi connectivity index (χ0) is 18.5.